The maximum atomic E-state index is 12.3. The third-order valence-corrected chi connectivity index (χ3v) is 4.85. The van der Waals surface area contributed by atoms with Crippen LogP contribution in [0.2, 0.25) is 0 Å². The number of phenolic OH excluding ortho intramolecular Hbond substituents is 1. The van der Waals surface area contributed by atoms with Gasteiger partial charge in [-0.25, -0.2) is 9.59 Å². The summed E-state index contributed by atoms with van der Waals surface area (Å²) < 4.78 is 14.8. The highest BCUT2D eigenvalue weighted by Crippen LogP contribution is 2.43. The fraction of sp³-hybridized carbons (Fsp3) is 0.429. The molecule has 33 heavy (non-hydrogen) atoms. The number of amides is 1. The molecule has 1 amide bonds. The first-order valence-corrected chi connectivity index (χ1v) is 10.1. The van der Waals surface area contributed by atoms with Gasteiger partial charge in [-0.15, -0.1) is 0 Å². The molecule has 12 heteroatoms. The minimum atomic E-state index is -1.50. The zero-order chi connectivity index (χ0) is 24.8. The molecule has 176 valence electrons. The Labute approximate surface area is 189 Å². The van der Waals surface area contributed by atoms with Crippen molar-refractivity contribution in [2.75, 3.05) is 19.7 Å². The number of allylic oxidation sites excluding steroid dienone is 1. The second-order valence-corrected chi connectivity index (χ2v) is 6.95. The molecule has 1 aromatic carbocycles. The van der Waals surface area contributed by atoms with E-state index in [4.69, 9.17) is 14.2 Å². The van der Waals surface area contributed by atoms with E-state index < -0.39 is 45.7 Å². The first-order valence-electron chi connectivity index (χ1n) is 10.1. The fourth-order valence-corrected chi connectivity index (χ4v) is 2.89. The summed E-state index contributed by atoms with van der Waals surface area (Å²) in [7, 11) is 0. The Morgan fingerprint density at radius 3 is 2.39 bits per heavy atom. The van der Waals surface area contributed by atoms with E-state index >= 15 is 0 Å². The molecule has 0 spiro atoms. The van der Waals surface area contributed by atoms with E-state index in [2.05, 4.69) is 0 Å². The number of nitriles is 1. The van der Waals surface area contributed by atoms with Gasteiger partial charge >= 0.3 is 17.8 Å². The van der Waals surface area contributed by atoms with Crippen molar-refractivity contribution >= 4 is 29.3 Å². The highest BCUT2D eigenvalue weighted by molar-refractivity contribution is 5.99. The summed E-state index contributed by atoms with van der Waals surface area (Å²) in [5.41, 5.74) is -2.76. The van der Waals surface area contributed by atoms with Gasteiger partial charge < -0.3 is 24.2 Å². The zero-order valence-corrected chi connectivity index (χ0v) is 18.3. The van der Waals surface area contributed by atoms with Gasteiger partial charge in [-0.1, -0.05) is 0 Å². The first kappa shape index (κ1) is 25.1. The number of esters is 1. The minimum absolute atomic E-state index is 0.0729. The highest BCUT2D eigenvalue weighted by Gasteiger charge is 2.56. The molecule has 0 bridgehead atoms. The Hall–Kier alpha value is -4.14. The number of ether oxygens (including phenoxy) is 3. The number of nitrogens with zero attached hydrogens (tertiary/aromatic N) is 3. The number of hydrogen-bond acceptors (Lipinski definition) is 10. The lowest BCUT2D eigenvalue weighted by atomic mass is 10.0. The van der Waals surface area contributed by atoms with Crippen LogP contribution in [0, 0.1) is 21.4 Å². The molecule has 0 atom stereocenters. The zero-order valence-electron chi connectivity index (χ0n) is 18.3. The molecule has 1 saturated carbocycles. The number of benzene rings is 1. The van der Waals surface area contributed by atoms with Crippen LogP contribution in [0.5, 0.6) is 11.5 Å². The van der Waals surface area contributed by atoms with Gasteiger partial charge in [-0.2, -0.15) is 5.26 Å². The van der Waals surface area contributed by atoms with Crippen LogP contribution in [0.1, 0.15) is 39.2 Å². The Kier molecular flexibility index (Phi) is 7.95. The number of phenols is 1. The number of hydrogen-bond donors (Lipinski definition) is 1. The standard InChI is InChI=1S/C21H23N3O9/c1-4-23(5-2)17(25)11-14(12-22)13-9-15(24(29)30)18(26)16(10-13)32-20(28)33-21(7-8-21)19(27)31-6-3/h9-11,26H,4-8H2,1-3H3/b14-11-. The van der Waals surface area contributed by atoms with Gasteiger partial charge in [-0.3, -0.25) is 14.9 Å². The Morgan fingerprint density at radius 2 is 1.91 bits per heavy atom. The van der Waals surface area contributed by atoms with Gasteiger partial charge in [0, 0.05) is 43.6 Å². The van der Waals surface area contributed by atoms with Gasteiger partial charge in [0.2, 0.25) is 17.3 Å². The van der Waals surface area contributed by atoms with E-state index in [-0.39, 0.29) is 30.6 Å². The van der Waals surface area contributed by atoms with Crippen LogP contribution in [-0.4, -0.2) is 58.3 Å². The van der Waals surface area contributed by atoms with Gasteiger partial charge in [0.25, 0.3) is 0 Å². The molecule has 1 fully saturated rings. The molecule has 0 unspecified atom stereocenters. The normalized spacial score (nSPS) is 13.9. The summed E-state index contributed by atoms with van der Waals surface area (Å²) in [5.74, 6) is -2.93. The Bertz CT molecular complexity index is 1030. The smallest absolute Gasteiger partial charge is 0.499 e. The highest BCUT2D eigenvalue weighted by atomic mass is 16.7. The lowest BCUT2D eigenvalue weighted by Gasteiger charge is -2.16. The molecular weight excluding hydrogens is 438 g/mol. The molecule has 0 saturated heterocycles. The average molecular weight is 461 g/mol. The van der Waals surface area contributed by atoms with Crippen molar-refractivity contribution in [3.05, 3.63) is 33.9 Å². The van der Waals surface area contributed by atoms with Crippen molar-refractivity contribution in [1.29, 1.82) is 5.26 Å². The molecule has 1 N–H and O–H groups in total. The molecule has 2 rings (SSSR count). The van der Waals surface area contributed by atoms with Crippen LogP contribution >= 0.6 is 0 Å². The van der Waals surface area contributed by atoms with E-state index in [0.717, 1.165) is 18.2 Å². The van der Waals surface area contributed by atoms with Crippen molar-refractivity contribution in [1.82, 2.24) is 4.90 Å². The third-order valence-electron chi connectivity index (χ3n) is 4.85. The number of nitro benzene ring substituents is 1. The molecule has 0 aliphatic heterocycles. The van der Waals surface area contributed by atoms with Crippen LogP contribution in [-0.2, 0) is 19.1 Å². The monoisotopic (exact) mass is 461 g/mol. The lowest BCUT2D eigenvalue weighted by Crippen LogP contribution is -2.32. The third kappa shape index (κ3) is 5.76. The molecular formula is C21H23N3O9. The summed E-state index contributed by atoms with van der Waals surface area (Å²) in [5, 5.41) is 31.1. The summed E-state index contributed by atoms with van der Waals surface area (Å²) in [6.07, 6.45) is 0.0126. The van der Waals surface area contributed by atoms with Crippen LogP contribution in [0.3, 0.4) is 0 Å². The maximum Gasteiger partial charge on any atom is 0.515 e. The SMILES string of the molecule is CCOC(=O)C1(OC(=O)Oc2cc(/C(C#N)=C\C(=O)N(CC)CC)cc([N+](=O)[O-])c2O)CC1. The van der Waals surface area contributed by atoms with E-state index in [9.17, 15) is 34.9 Å². The molecule has 12 nitrogen and oxygen atoms in total. The summed E-state index contributed by atoms with van der Waals surface area (Å²) in [4.78, 5) is 48.4. The molecule has 1 aliphatic carbocycles. The van der Waals surface area contributed by atoms with Crippen LogP contribution < -0.4 is 4.74 Å². The van der Waals surface area contributed by atoms with Crippen LogP contribution in [0.4, 0.5) is 10.5 Å². The predicted molar refractivity (Wildman–Crippen MR) is 112 cm³/mol. The van der Waals surface area contributed by atoms with Gasteiger partial charge in [0.05, 0.1) is 23.2 Å². The fourth-order valence-electron chi connectivity index (χ4n) is 2.89. The van der Waals surface area contributed by atoms with Crippen LogP contribution in [0.15, 0.2) is 18.2 Å². The first-order chi connectivity index (χ1) is 15.6. The second-order valence-electron chi connectivity index (χ2n) is 6.95. The molecule has 1 aliphatic rings. The molecule has 0 heterocycles. The second kappa shape index (κ2) is 10.4. The molecule has 0 radical (unpaired) electrons. The summed E-state index contributed by atoms with van der Waals surface area (Å²) >= 11 is 0. The van der Waals surface area contributed by atoms with Gasteiger partial charge in [0.1, 0.15) is 0 Å². The van der Waals surface area contributed by atoms with Gasteiger partial charge in [-0.05, 0) is 26.8 Å². The lowest BCUT2D eigenvalue weighted by molar-refractivity contribution is -0.385. The Balaban J connectivity index is 2.39. The van der Waals surface area contributed by atoms with Crippen molar-refractivity contribution in [3.8, 4) is 17.6 Å². The summed E-state index contributed by atoms with van der Waals surface area (Å²) in [6, 6.07) is 3.63. The summed E-state index contributed by atoms with van der Waals surface area (Å²) in [6.45, 7) is 5.90. The van der Waals surface area contributed by atoms with Crippen molar-refractivity contribution < 1.29 is 38.6 Å². The maximum absolute atomic E-state index is 12.3. The number of rotatable bonds is 9. The predicted octanol–water partition coefficient (Wildman–Crippen LogP) is 2.69. The topological polar surface area (TPSA) is 169 Å². The van der Waals surface area contributed by atoms with Gasteiger partial charge in [0.15, 0.2) is 5.75 Å². The number of nitro groups is 1. The minimum Gasteiger partial charge on any atom is -0.499 e. The quantitative estimate of drug-likeness (QED) is 0.144. The Morgan fingerprint density at radius 1 is 1.27 bits per heavy atom. The largest absolute Gasteiger partial charge is 0.515 e. The van der Waals surface area contributed by atoms with E-state index in [1.54, 1.807) is 26.8 Å². The molecule has 1 aromatic rings. The van der Waals surface area contributed by atoms with E-state index in [1.165, 1.54) is 4.90 Å². The van der Waals surface area contributed by atoms with E-state index in [1.807, 2.05) is 0 Å². The van der Waals surface area contributed by atoms with Crippen LogP contribution in [0.25, 0.3) is 5.57 Å². The number of carbonyl (C=O) groups is 3. The van der Waals surface area contributed by atoms with Crippen molar-refractivity contribution in [2.45, 2.75) is 39.2 Å². The van der Waals surface area contributed by atoms with E-state index in [0.29, 0.717) is 13.1 Å². The number of carbonyl (C=O) groups excluding carboxylic acids is 3. The number of aromatic hydroxyl groups is 1. The van der Waals surface area contributed by atoms with Crippen molar-refractivity contribution in [3.63, 3.8) is 0 Å². The molecule has 0 aromatic heterocycles. The van der Waals surface area contributed by atoms with Crippen molar-refractivity contribution in [2.24, 2.45) is 0 Å². The average Bonchev–Trinajstić information content (AvgIpc) is 3.54. The number of likely N-dealkylation sites (N-methyl/N-ethyl adjacent to an activating group) is 1.